The third-order valence-corrected chi connectivity index (χ3v) is 3.81. The van der Waals surface area contributed by atoms with Gasteiger partial charge in [-0.25, -0.2) is 0 Å². The van der Waals surface area contributed by atoms with E-state index in [-0.39, 0.29) is 12.2 Å². The number of ether oxygens (including phenoxy) is 2. The third kappa shape index (κ3) is 4.17. The number of hydrogen-bond acceptors (Lipinski definition) is 4. The highest BCUT2D eigenvalue weighted by atomic mass is 35.5. The number of carbonyl (C=O) groups excluding carboxylic acids is 2. The van der Waals surface area contributed by atoms with Gasteiger partial charge in [0, 0.05) is 0 Å². The molecule has 0 unspecified atom stereocenters. The quantitative estimate of drug-likeness (QED) is 0.275. The van der Waals surface area contributed by atoms with E-state index in [4.69, 9.17) is 21.1 Å². The lowest BCUT2D eigenvalue weighted by Gasteiger charge is -2.11. The Morgan fingerprint density at radius 3 is 2.28 bits per heavy atom. The molecular formula is C20H15ClO4. The number of benzene rings is 3. The van der Waals surface area contributed by atoms with Crippen LogP contribution in [0.5, 0.6) is 11.5 Å². The smallest absolute Gasteiger partial charge is 0.293 e. The standard InChI is InChI=1S/C20H15ClO4/c21-20(23)19(22)17-7-3-4-8-18(17)25-12-11-24-16-10-9-14-5-1-2-6-15(14)13-16/h1-10,13H,11-12H2. The van der Waals surface area contributed by atoms with Gasteiger partial charge >= 0.3 is 0 Å². The number of halogens is 1. The van der Waals surface area contributed by atoms with Crippen LogP contribution in [-0.4, -0.2) is 24.2 Å². The SMILES string of the molecule is O=C(Cl)C(=O)c1ccccc1OCCOc1ccc2ccccc2c1. The fraction of sp³-hybridized carbons (Fsp3) is 0.100. The molecule has 0 aliphatic carbocycles. The van der Waals surface area contributed by atoms with E-state index < -0.39 is 11.0 Å². The number of carbonyl (C=O) groups is 2. The van der Waals surface area contributed by atoms with Crippen LogP contribution in [-0.2, 0) is 4.79 Å². The maximum atomic E-state index is 11.8. The minimum atomic E-state index is -1.04. The molecule has 3 aromatic carbocycles. The van der Waals surface area contributed by atoms with Crippen LogP contribution in [0.15, 0.2) is 66.7 Å². The summed E-state index contributed by atoms with van der Waals surface area (Å²) in [6, 6.07) is 20.3. The summed E-state index contributed by atoms with van der Waals surface area (Å²) >= 11 is 5.26. The first-order chi connectivity index (χ1) is 12.1. The molecule has 126 valence electrons. The molecule has 0 saturated carbocycles. The lowest BCUT2D eigenvalue weighted by molar-refractivity contribution is -0.108. The van der Waals surface area contributed by atoms with Crippen molar-refractivity contribution in [2.45, 2.75) is 0 Å². The first-order valence-electron chi connectivity index (χ1n) is 7.73. The summed E-state index contributed by atoms with van der Waals surface area (Å²) < 4.78 is 11.2. The molecule has 0 aliphatic heterocycles. The van der Waals surface area contributed by atoms with Crippen LogP contribution in [0.1, 0.15) is 10.4 Å². The number of ketones is 1. The van der Waals surface area contributed by atoms with E-state index in [9.17, 15) is 9.59 Å². The predicted molar refractivity (Wildman–Crippen MR) is 96.6 cm³/mol. The molecule has 0 aliphatic rings. The number of Topliss-reactive ketones (excluding diaryl/α,β-unsaturated/α-hetero) is 1. The fourth-order valence-electron chi connectivity index (χ4n) is 2.45. The maximum absolute atomic E-state index is 11.8. The molecule has 0 amide bonds. The molecule has 0 atom stereocenters. The van der Waals surface area contributed by atoms with E-state index >= 15 is 0 Å². The Bertz CT molecular complexity index is 920. The van der Waals surface area contributed by atoms with E-state index in [0.717, 1.165) is 16.5 Å². The minimum absolute atomic E-state index is 0.146. The topological polar surface area (TPSA) is 52.6 Å². The van der Waals surface area contributed by atoms with Gasteiger partial charge in [0.1, 0.15) is 24.7 Å². The second kappa shape index (κ2) is 7.81. The molecule has 0 saturated heterocycles. The van der Waals surface area contributed by atoms with Crippen LogP contribution in [0.4, 0.5) is 0 Å². The molecule has 0 bridgehead atoms. The first kappa shape index (κ1) is 17.0. The zero-order valence-corrected chi connectivity index (χ0v) is 14.0. The summed E-state index contributed by atoms with van der Waals surface area (Å²) in [6.45, 7) is 0.531. The molecule has 0 fully saturated rings. The van der Waals surface area contributed by atoms with E-state index in [1.807, 2.05) is 42.5 Å². The van der Waals surface area contributed by atoms with Crippen LogP contribution in [0, 0.1) is 0 Å². The molecule has 0 heterocycles. The number of para-hydroxylation sites is 1. The summed E-state index contributed by atoms with van der Waals surface area (Å²) in [5.41, 5.74) is 0.146. The highest BCUT2D eigenvalue weighted by molar-refractivity contribution is 6.83. The van der Waals surface area contributed by atoms with Gasteiger partial charge in [0.2, 0.25) is 5.78 Å². The Hall–Kier alpha value is -2.85. The van der Waals surface area contributed by atoms with Crippen molar-refractivity contribution < 1.29 is 19.1 Å². The summed E-state index contributed by atoms with van der Waals surface area (Å²) in [4.78, 5) is 22.8. The van der Waals surface area contributed by atoms with Gasteiger partial charge in [0.05, 0.1) is 5.56 Å². The van der Waals surface area contributed by atoms with Gasteiger partial charge in [-0.05, 0) is 46.6 Å². The van der Waals surface area contributed by atoms with Gasteiger partial charge in [-0.15, -0.1) is 0 Å². The normalized spacial score (nSPS) is 10.4. The highest BCUT2D eigenvalue weighted by Crippen LogP contribution is 2.21. The number of fused-ring (bicyclic) bond motifs is 1. The van der Waals surface area contributed by atoms with Gasteiger partial charge in [0.25, 0.3) is 5.24 Å². The van der Waals surface area contributed by atoms with Gasteiger partial charge < -0.3 is 9.47 Å². The first-order valence-corrected chi connectivity index (χ1v) is 8.10. The molecule has 4 nitrogen and oxygen atoms in total. The van der Waals surface area contributed by atoms with Crippen molar-refractivity contribution >= 4 is 33.4 Å². The van der Waals surface area contributed by atoms with E-state index in [1.165, 1.54) is 6.07 Å². The van der Waals surface area contributed by atoms with Crippen molar-refractivity contribution in [3.8, 4) is 11.5 Å². The second-order valence-corrected chi connectivity index (χ2v) is 5.65. The lowest BCUT2D eigenvalue weighted by Crippen LogP contribution is -2.13. The highest BCUT2D eigenvalue weighted by Gasteiger charge is 2.17. The van der Waals surface area contributed by atoms with Crippen molar-refractivity contribution in [1.29, 1.82) is 0 Å². The molecular weight excluding hydrogens is 340 g/mol. The lowest BCUT2D eigenvalue weighted by atomic mass is 10.1. The van der Waals surface area contributed by atoms with E-state index in [1.54, 1.807) is 18.2 Å². The summed E-state index contributed by atoms with van der Waals surface area (Å²) in [5, 5.41) is 1.20. The van der Waals surface area contributed by atoms with Crippen molar-refractivity contribution in [3.05, 3.63) is 72.3 Å². The molecule has 0 spiro atoms. The van der Waals surface area contributed by atoms with Crippen LogP contribution in [0.2, 0.25) is 0 Å². The molecule has 3 aromatic rings. The molecule has 5 heteroatoms. The van der Waals surface area contributed by atoms with Crippen LogP contribution in [0.3, 0.4) is 0 Å². The van der Waals surface area contributed by atoms with Crippen molar-refractivity contribution in [2.24, 2.45) is 0 Å². The van der Waals surface area contributed by atoms with Crippen molar-refractivity contribution in [3.63, 3.8) is 0 Å². The molecule has 0 N–H and O–H groups in total. The zero-order valence-electron chi connectivity index (χ0n) is 13.3. The van der Waals surface area contributed by atoms with Crippen molar-refractivity contribution in [1.82, 2.24) is 0 Å². The van der Waals surface area contributed by atoms with Gasteiger partial charge in [-0.2, -0.15) is 0 Å². The number of rotatable bonds is 7. The Morgan fingerprint density at radius 2 is 1.48 bits per heavy atom. The van der Waals surface area contributed by atoms with Crippen LogP contribution < -0.4 is 9.47 Å². The Balaban J connectivity index is 1.60. The largest absolute Gasteiger partial charge is 0.490 e. The third-order valence-electron chi connectivity index (χ3n) is 3.64. The Labute approximate surface area is 149 Å². The summed E-state index contributed by atoms with van der Waals surface area (Å²) in [7, 11) is 0. The average Bonchev–Trinajstić information content (AvgIpc) is 2.64. The fourth-order valence-corrected chi connectivity index (χ4v) is 2.56. The molecule has 0 aromatic heterocycles. The van der Waals surface area contributed by atoms with E-state index in [2.05, 4.69) is 0 Å². The predicted octanol–water partition coefficient (Wildman–Crippen LogP) is 4.25. The van der Waals surface area contributed by atoms with Gasteiger partial charge in [0.15, 0.2) is 0 Å². The van der Waals surface area contributed by atoms with E-state index in [0.29, 0.717) is 12.4 Å². The molecule has 0 radical (unpaired) electrons. The van der Waals surface area contributed by atoms with Crippen molar-refractivity contribution in [2.75, 3.05) is 13.2 Å². The molecule has 25 heavy (non-hydrogen) atoms. The molecule has 3 rings (SSSR count). The van der Waals surface area contributed by atoms with Gasteiger partial charge in [-0.3, -0.25) is 9.59 Å². The Kier molecular flexibility index (Phi) is 5.31. The monoisotopic (exact) mass is 354 g/mol. The summed E-state index contributed by atoms with van der Waals surface area (Å²) in [5.74, 6) is 0.263. The second-order valence-electron chi connectivity index (χ2n) is 5.30. The summed E-state index contributed by atoms with van der Waals surface area (Å²) in [6.07, 6.45) is 0. The van der Waals surface area contributed by atoms with Crippen LogP contribution >= 0.6 is 11.6 Å². The van der Waals surface area contributed by atoms with Crippen LogP contribution in [0.25, 0.3) is 10.8 Å². The zero-order chi connectivity index (χ0) is 17.6. The van der Waals surface area contributed by atoms with Gasteiger partial charge in [-0.1, -0.05) is 42.5 Å². The minimum Gasteiger partial charge on any atom is -0.490 e. The maximum Gasteiger partial charge on any atom is 0.293 e. The number of hydrogen-bond donors (Lipinski definition) is 0. The Morgan fingerprint density at radius 1 is 0.800 bits per heavy atom. The average molecular weight is 355 g/mol.